The van der Waals surface area contributed by atoms with Crippen molar-refractivity contribution in [2.45, 2.75) is 58.0 Å². The second-order valence-electron chi connectivity index (χ2n) is 3.74. The number of aliphatic hydroxyl groups excluding tert-OH is 1. The highest BCUT2D eigenvalue weighted by atomic mass is 19.1. The van der Waals surface area contributed by atoms with Gasteiger partial charge in [0.1, 0.15) is 5.67 Å². The third-order valence-corrected chi connectivity index (χ3v) is 2.13. The molecule has 0 fully saturated rings. The minimum absolute atomic E-state index is 0.346. The van der Waals surface area contributed by atoms with Crippen molar-refractivity contribution in [3.8, 4) is 0 Å². The monoisotopic (exact) mass is 176 g/mol. The quantitative estimate of drug-likeness (QED) is 0.591. The lowest BCUT2D eigenvalue weighted by atomic mass is 10.0. The molecule has 1 unspecified atom stereocenters. The molecule has 1 N–H and O–H groups in total. The van der Waals surface area contributed by atoms with E-state index in [1.54, 1.807) is 0 Å². The van der Waals surface area contributed by atoms with Gasteiger partial charge in [0.25, 0.3) is 0 Å². The van der Waals surface area contributed by atoms with Crippen molar-refractivity contribution < 1.29 is 9.50 Å². The van der Waals surface area contributed by atoms with E-state index in [1.165, 1.54) is 26.2 Å². The molecule has 0 bridgehead atoms. The summed E-state index contributed by atoms with van der Waals surface area (Å²) in [6.45, 7) is 3.28. The van der Waals surface area contributed by atoms with Gasteiger partial charge < -0.3 is 5.11 Å². The molecular formula is C10H21FO. The smallest absolute Gasteiger partial charge is 0.131 e. The molecule has 0 heterocycles. The largest absolute Gasteiger partial charge is 0.393 e. The SMILES string of the molecule is CCCCCCCC(C)(F)CO. The minimum atomic E-state index is -1.35. The van der Waals surface area contributed by atoms with Gasteiger partial charge in [-0.15, -0.1) is 0 Å². The summed E-state index contributed by atoms with van der Waals surface area (Å²) in [6, 6.07) is 0. The molecule has 0 aromatic heterocycles. The van der Waals surface area contributed by atoms with Crippen molar-refractivity contribution in [1.82, 2.24) is 0 Å². The van der Waals surface area contributed by atoms with Crippen LogP contribution < -0.4 is 0 Å². The molecule has 0 saturated carbocycles. The lowest BCUT2D eigenvalue weighted by Gasteiger charge is -2.16. The van der Waals surface area contributed by atoms with Crippen LogP contribution in [-0.2, 0) is 0 Å². The van der Waals surface area contributed by atoms with Gasteiger partial charge in [0, 0.05) is 0 Å². The highest BCUT2D eigenvalue weighted by Crippen LogP contribution is 2.18. The molecule has 0 aromatic rings. The maximum atomic E-state index is 13.1. The molecule has 1 atom stereocenters. The Morgan fingerprint density at radius 3 is 2.25 bits per heavy atom. The van der Waals surface area contributed by atoms with Gasteiger partial charge in [-0.2, -0.15) is 0 Å². The summed E-state index contributed by atoms with van der Waals surface area (Å²) in [5.41, 5.74) is -1.35. The van der Waals surface area contributed by atoms with Gasteiger partial charge in [0.05, 0.1) is 6.61 Å². The first-order valence-corrected chi connectivity index (χ1v) is 4.92. The van der Waals surface area contributed by atoms with E-state index in [0.29, 0.717) is 6.42 Å². The van der Waals surface area contributed by atoms with Gasteiger partial charge in [-0.1, -0.05) is 39.0 Å². The van der Waals surface area contributed by atoms with Crippen molar-refractivity contribution in [1.29, 1.82) is 0 Å². The van der Waals surface area contributed by atoms with Crippen LogP contribution in [0, 0.1) is 0 Å². The molecule has 0 rings (SSSR count). The Bertz CT molecular complexity index is 102. The highest BCUT2D eigenvalue weighted by molar-refractivity contribution is 4.70. The zero-order valence-electron chi connectivity index (χ0n) is 8.27. The molecule has 0 aliphatic rings. The number of halogens is 1. The van der Waals surface area contributed by atoms with Crippen LogP contribution in [0.15, 0.2) is 0 Å². The zero-order chi connectivity index (χ0) is 9.45. The molecule has 0 aromatic carbocycles. The lowest BCUT2D eigenvalue weighted by Crippen LogP contribution is -2.22. The van der Waals surface area contributed by atoms with Crippen LogP contribution >= 0.6 is 0 Å². The van der Waals surface area contributed by atoms with Crippen LogP contribution in [0.25, 0.3) is 0 Å². The summed E-state index contributed by atoms with van der Waals surface area (Å²) in [6.07, 6.45) is 6.13. The summed E-state index contributed by atoms with van der Waals surface area (Å²) in [4.78, 5) is 0. The molecule has 12 heavy (non-hydrogen) atoms. The van der Waals surface area contributed by atoms with Crippen molar-refractivity contribution in [3.63, 3.8) is 0 Å². The third kappa shape index (κ3) is 6.59. The third-order valence-electron chi connectivity index (χ3n) is 2.13. The van der Waals surface area contributed by atoms with E-state index in [-0.39, 0.29) is 6.61 Å². The van der Waals surface area contributed by atoms with E-state index >= 15 is 0 Å². The van der Waals surface area contributed by atoms with Gasteiger partial charge in [-0.05, 0) is 13.3 Å². The number of aliphatic hydroxyl groups is 1. The topological polar surface area (TPSA) is 20.2 Å². The van der Waals surface area contributed by atoms with Crippen LogP contribution in [0.4, 0.5) is 4.39 Å². The van der Waals surface area contributed by atoms with Crippen molar-refractivity contribution in [2.24, 2.45) is 0 Å². The summed E-state index contributed by atoms with van der Waals surface area (Å²) in [5.74, 6) is 0. The fourth-order valence-corrected chi connectivity index (χ4v) is 1.18. The number of hydrogen-bond acceptors (Lipinski definition) is 1. The predicted octanol–water partition coefficient (Wildman–Crippen LogP) is 3.07. The zero-order valence-corrected chi connectivity index (χ0v) is 8.27. The van der Waals surface area contributed by atoms with Gasteiger partial charge in [-0.25, -0.2) is 4.39 Å². The highest BCUT2D eigenvalue weighted by Gasteiger charge is 2.20. The standard InChI is InChI=1S/C10H21FO/c1-3-4-5-6-7-8-10(2,11)9-12/h12H,3-9H2,1-2H3. The maximum Gasteiger partial charge on any atom is 0.131 e. The van der Waals surface area contributed by atoms with Gasteiger partial charge in [0.15, 0.2) is 0 Å². The second-order valence-corrected chi connectivity index (χ2v) is 3.74. The maximum absolute atomic E-state index is 13.1. The number of unbranched alkanes of at least 4 members (excludes halogenated alkanes) is 4. The molecule has 0 saturated heterocycles. The Kier molecular flexibility index (Phi) is 6.35. The number of alkyl halides is 1. The average Bonchev–Trinajstić information content (AvgIpc) is 2.04. The molecule has 74 valence electrons. The summed E-state index contributed by atoms with van der Waals surface area (Å²) < 4.78 is 13.1. The second kappa shape index (κ2) is 6.41. The minimum Gasteiger partial charge on any atom is -0.393 e. The Hall–Kier alpha value is -0.110. The molecule has 0 spiro atoms. The number of hydrogen-bond donors (Lipinski definition) is 1. The van der Waals surface area contributed by atoms with Gasteiger partial charge >= 0.3 is 0 Å². The van der Waals surface area contributed by atoms with E-state index < -0.39 is 5.67 Å². The Morgan fingerprint density at radius 1 is 1.17 bits per heavy atom. The lowest BCUT2D eigenvalue weighted by molar-refractivity contribution is 0.0772. The molecule has 0 radical (unpaired) electrons. The van der Waals surface area contributed by atoms with E-state index in [0.717, 1.165) is 12.8 Å². The first-order valence-electron chi connectivity index (χ1n) is 4.92. The van der Waals surface area contributed by atoms with Crippen LogP contribution in [0.3, 0.4) is 0 Å². The van der Waals surface area contributed by atoms with Gasteiger partial charge in [0.2, 0.25) is 0 Å². The van der Waals surface area contributed by atoms with Crippen LogP contribution in [0.2, 0.25) is 0 Å². The van der Waals surface area contributed by atoms with Crippen LogP contribution in [-0.4, -0.2) is 17.4 Å². The van der Waals surface area contributed by atoms with Crippen molar-refractivity contribution >= 4 is 0 Å². The Labute approximate surface area is 75.0 Å². The van der Waals surface area contributed by atoms with E-state index in [4.69, 9.17) is 5.11 Å². The van der Waals surface area contributed by atoms with Gasteiger partial charge in [-0.3, -0.25) is 0 Å². The molecule has 0 aliphatic heterocycles. The first kappa shape index (κ1) is 11.9. The normalized spacial score (nSPS) is 16.0. The fourth-order valence-electron chi connectivity index (χ4n) is 1.18. The van der Waals surface area contributed by atoms with E-state index in [9.17, 15) is 4.39 Å². The predicted molar refractivity (Wildman–Crippen MR) is 50.0 cm³/mol. The van der Waals surface area contributed by atoms with Crippen molar-refractivity contribution in [2.75, 3.05) is 6.61 Å². The molecule has 2 heteroatoms. The van der Waals surface area contributed by atoms with E-state index in [2.05, 4.69) is 6.92 Å². The molecular weight excluding hydrogens is 155 g/mol. The molecule has 1 nitrogen and oxygen atoms in total. The average molecular weight is 176 g/mol. The summed E-state index contributed by atoms with van der Waals surface area (Å²) in [5, 5.41) is 8.62. The van der Waals surface area contributed by atoms with Crippen molar-refractivity contribution in [3.05, 3.63) is 0 Å². The fraction of sp³-hybridized carbons (Fsp3) is 1.00. The van der Waals surface area contributed by atoms with E-state index in [1.807, 2.05) is 0 Å². The Morgan fingerprint density at radius 2 is 1.75 bits per heavy atom. The molecule has 0 aliphatic carbocycles. The van der Waals surface area contributed by atoms with Crippen LogP contribution in [0.1, 0.15) is 52.4 Å². The summed E-state index contributed by atoms with van der Waals surface area (Å²) in [7, 11) is 0. The van der Waals surface area contributed by atoms with Crippen LogP contribution in [0.5, 0.6) is 0 Å². The Balaban J connectivity index is 3.19. The summed E-state index contributed by atoms with van der Waals surface area (Å²) >= 11 is 0. The number of rotatable bonds is 7. The first-order chi connectivity index (χ1) is 5.62. The molecule has 0 amide bonds.